The second-order valence-electron chi connectivity index (χ2n) is 3.36. The highest BCUT2D eigenvalue weighted by Crippen LogP contribution is 2.14. The van der Waals surface area contributed by atoms with Crippen molar-refractivity contribution in [3.8, 4) is 5.75 Å². The van der Waals surface area contributed by atoms with Crippen molar-refractivity contribution >= 4 is 17.9 Å². The first kappa shape index (κ1) is 16.4. The maximum absolute atomic E-state index is 10.3. The molecule has 0 unspecified atom stereocenters. The summed E-state index contributed by atoms with van der Waals surface area (Å²) in [4.78, 5) is 29.9. The molecule has 0 radical (unpaired) electrons. The monoisotopic (exact) mass is 271 g/mol. The molecule has 0 fully saturated rings. The fourth-order valence-electron chi connectivity index (χ4n) is 0.930. The molecule has 0 aliphatic carbocycles. The first-order chi connectivity index (χ1) is 8.75. The van der Waals surface area contributed by atoms with E-state index in [2.05, 4.69) is 0 Å². The Balaban J connectivity index is 0.000000344. The Morgan fingerprint density at radius 1 is 1.11 bits per heavy atom. The molecule has 104 valence electrons. The average molecular weight is 271 g/mol. The highest BCUT2D eigenvalue weighted by atomic mass is 16.4. The van der Waals surface area contributed by atoms with Gasteiger partial charge in [0.25, 0.3) is 0 Å². The number of carboxylic acid groups (broad SMARTS) is 3. The van der Waals surface area contributed by atoms with Crippen LogP contribution < -0.4 is 5.73 Å². The number of carbonyl (C=O) groups is 3. The van der Waals surface area contributed by atoms with E-state index in [1.807, 2.05) is 0 Å². The van der Waals surface area contributed by atoms with Crippen LogP contribution in [0.4, 0.5) is 0 Å². The quantitative estimate of drug-likeness (QED) is 0.510. The minimum atomic E-state index is -1.29. The molecule has 0 aliphatic rings. The number of phenols is 1. The number of hydrogen-bond donors (Lipinski definition) is 5. The van der Waals surface area contributed by atoms with Gasteiger partial charge in [-0.05, 0) is 12.1 Å². The zero-order valence-electron chi connectivity index (χ0n) is 9.68. The van der Waals surface area contributed by atoms with E-state index in [1.165, 1.54) is 12.1 Å². The number of nitrogens with two attached hydrogens (primary N) is 1. The number of aromatic carboxylic acids is 1. The lowest BCUT2D eigenvalue weighted by molar-refractivity contribution is -0.144. The Kier molecular flexibility index (Phi) is 6.61. The van der Waals surface area contributed by atoms with Gasteiger partial charge in [-0.1, -0.05) is 12.1 Å². The Labute approximate surface area is 107 Å². The third-order valence-corrected chi connectivity index (χ3v) is 1.85. The van der Waals surface area contributed by atoms with E-state index in [9.17, 15) is 14.4 Å². The first-order valence-electron chi connectivity index (χ1n) is 4.97. The summed E-state index contributed by atoms with van der Waals surface area (Å²) in [5.41, 5.74) is 4.77. The summed E-state index contributed by atoms with van der Waals surface area (Å²) in [5.74, 6) is -3.81. The molecule has 0 aromatic heterocycles. The zero-order chi connectivity index (χ0) is 15.0. The van der Waals surface area contributed by atoms with Crippen molar-refractivity contribution in [2.75, 3.05) is 0 Å². The van der Waals surface area contributed by atoms with Gasteiger partial charge in [0.05, 0.1) is 6.42 Å². The van der Waals surface area contributed by atoms with Gasteiger partial charge in [0.2, 0.25) is 0 Å². The van der Waals surface area contributed by atoms with Crippen LogP contribution in [0.25, 0.3) is 0 Å². The molecular formula is C11H13NO7. The summed E-state index contributed by atoms with van der Waals surface area (Å²) in [5, 5.41) is 33.3. The number of benzene rings is 1. The standard InChI is InChI=1S/C7H6O3.C4H7NO4/c8-6-4-2-1-3-5(6)7(9)10;5-2(4(8)9)1-3(6)7/h1-4,8H,(H,9,10);2H,1,5H2,(H,6,7)(H,8,9)/t;2-/m.0/s1. The molecule has 6 N–H and O–H groups in total. The van der Waals surface area contributed by atoms with Crippen molar-refractivity contribution in [2.24, 2.45) is 5.73 Å². The molecule has 1 atom stereocenters. The van der Waals surface area contributed by atoms with Crippen molar-refractivity contribution in [3.63, 3.8) is 0 Å². The summed E-state index contributed by atoms with van der Waals surface area (Å²) < 4.78 is 0. The van der Waals surface area contributed by atoms with Gasteiger partial charge in [0, 0.05) is 0 Å². The van der Waals surface area contributed by atoms with Crippen LogP contribution in [0.2, 0.25) is 0 Å². The molecule has 0 saturated heterocycles. The van der Waals surface area contributed by atoms with Crippen molar-refractivity contribution in [1.82, 2.24) is 0 Å². The summed E-state index contributed by atoms with van der Waals surface area (Å²) in [6.07, 6.45) is -0.532. The molecule has 0 amide bonds. The van der Waals surface area contributed by atoms with E-state index in [0.29, 0.717) is 0 Å². The molecule has 1 aromatic rings. The Morgan fingerprint density at radius 2 is 1.63 bits per heavy atom. The SMILES string of the molecule is N[C@@H](CC(=O)O)C(=O)O.O=C(O)c1ccccc1O. The van der Waals surface area contributed by atoms with E-state index < -0.39 is 30.4 Å². The minimum absolute atomic E-state index is 0.0671. The number of aliphatic carboxylic acids is 2. The molecule has 1 rings (SSSR count). The molecule has 8 nitrogen and oxygen atoms in total. The zero-order valence-corrected chi connectivity index (χ0v) is 9.68. The smallest absolute Gasteiger partial charge is 0.339 e. The molecule has 0 bridgehead atoms. The van der Waals surface area contributed by atoms with Crippen LogP contribution in [0, 0.1) is 0 Å². The van der Waals surface area contributed by atoms with Crippen LogP contribution in [-0.4, -0.2) is 44.4 Å². The number of hydrogen-bond acceptors (Lipinski definition) is 5. The van der Waals surface area contributed by atoms with Gasteiger partial charge in [-0.25, -0.2) is 4.79 Å². The van der Waals surface area contributed by atoms with Crippen molar-refractivity contribution in [3.05, 3.63) is 29.8 Å². The van der Waals surface area contributed by atoms with Crippen LogP contribution in [0.15, 0.2) is 24.3 Å². The van der Waals surface area contributed by atoms with Gasteiger partial charge < -0.3 is 26.2 Å². The number of rotatable bonds is 4. The molecular weight excluding hydrogens is 258 g/mol. The lowest BCUT2D eigenvalue weighted by Crippen LogP contribution is -2.32. The number of para-hydroxylation sites is 1. The third-order valence-electron chi connectivity index (χ3n) is 1.85. The largest absolute Gasteiger partial charge is 0.507 e. The summed E-state index contributed by atoms with van der Waals surface area (Å²) in [7, 11) is 0. The minimum Gasteiger partial charge on any atom is -0.507 e. The van der Waals surface area contributed by atoms with Crippen LogP contribution in [-0.2, 0) is 9.59 Å². The second-order valence-corrected chi connectivity index (χ2v) is 3.36. The van der Waals surface area contributed by atoms with Gasteiger partial charge in [0.15, 0.2) is 0 Å². The summed E-state index contributed by atoms with van der Waals surface area (Å²) in [6, 6.07) is 4.52. The topological polar surface area (TPSA) is 158 Å². The molecule has 8 heteroatoms. The normalized spacial score (nSPS) is 10.8. The maximum atomic E-state index is 10.3. The van der Waals surface area contributed by atoms with Crippen LogP contribution in [0.1, 0.15) is 16.8 Å². The summed E-state index contributed by atoms with van der Waals surface area (Å²) >= 11 is 0. The van der Waals surface area contributed by atoms with Gasteiger partial charge in [-0.2, -0.15) is 0 Å². The predicted octanol–water partition coefficient (Wildman–Crippen LogP) is -0.0366. The molecule has 1 aromatic carbocycles. The van der Waals surface area contributed by atoms with E-state index >= 15 is 0 Å². The van der Waals surface area contributed by atoms with Crippen LogP contribution in [0.5, 0.6) is 5.75 Å². The van der Waals surface area contributed by atoms with Gasteiger partial charge in [0.1, 0.15) is 17.4 Å². The van der Waals surface area contributed by atoms with E-state index in [-0.39, 0.29) is 11.3 Å². The first-order valence-corrected chi connectivity index (χ1v) is 4.97. The third kappa shape index (κ3) is 6.64. The Hall–Kier alpha value is -2.61. The van der Waals surface area contributed by atoms with E-state index in [0.717, 1.165) is 0 Å². The lowest BCUT2D eigenvalue weighted by atomic mass is 10.2. The van der Waals surface area contributed by atoms with E-state index in [4.69, 9.17) is 26.2 Å². The van der Waals surface area contributed by atoms with Gasteiger partial charge >= 0.3 is 17.9 Å². The van der Waals surface area contributed by atoms with Crippen molar-refractivity contribution in [2.45, 2.75) is 12.5 Å². The Morgan fingerprint density at radius 3 is 1.89 bits per heavy atom. The fraction of sp³-hybridized carbons (Fsp3) is 0.182. The van der Waals surface area contributed by atoms with Gasteiger partial charge in [-0.15, -0.1) is 0 Å². The summed E-state index contributed by atoms with van der Waals surface area (Å²) in [6.45, 7) is 0. The highest BCUT2D eigenvalue weighted by molar-refractivity contribution is 5.90. The molecule has 0 heterocycles. The maximum Gasteiger partial charge on any atom is 0.339 e. The number of aromatic hydroxyl groups is 1. The Bertz CT molecular complexity index is 472. The predicted molar refractivity (Wildman–Crippen MR) is 62.9 cm³/mol. The molecule has 0 spiro atoms. The number of carboxylic acids is 3. The molecule has 0 aliphatic heterocycles. The van der Waals surface area contributed by atoms with Crippen molar-refractivity contribution in [1.29, 1.82) is 0 Å². The molecule has 19 heavy (non-hydrogen) atoms. The van der Waals surface area contributed by atoms with Gasteiger partial charge in [-0.3, -0.25) is 9.59 Å². The second kappa shape index (κ2) is 7.67. The average Bonchev–Trinajstić information content (AvgIpc) is 2.29. The van der Waals surface area contributed by atoms with Crippen LogP contribution in [0.3, 0.4) is 0 Å². The van der Waals surface area contributed by atoms with E-state index in [1.54, 1.807) is 12.1 Å². The lowest BCUT2D eigenvalue weighted by Gasteiger charge is -1.99. The van der Waals surface area contributed by atoms with Crippen molar-refractivity contribution < 1.29 is 34.8 Å². The molecule has 0 saturated carbocycles. The van der Waals surface area contributed by atoms with Crippen LogP contribution >= 0.6 is 0 Å². The fourth-order valence-corrected chi connectivity index (χ4v) is 0.930. The highest BCUT2D eigenvalue weighted by Gasteiger charge is 2.14.